The molecule has 1 atom stereocenters. The molecule has 0 heterocycles. The fourth-order valence-electron chi connectivity index (χ4n) is 2.76. The quantitative estimate of drug-likeness (QED) is 0.378. The number of alkyl halides is 1. The van der Waals surface area contributed by atoms with Crippen LogP contribution in [0.4, 0.5) is 4.39 Å². The number of halogens is 1. The summed E-state index contributed by atoms with van der Waals surface area (Å²) < 4.78 is 12.3. The summed E-state index contributed by atoms with van der Waals surface area (Å²) >= 11 is 0. The molecule has 1 aliphatic carbocycles. The monoisotopic (exact) mass is 302 g/mol. The van der Waals surface area contributed by atoms with Gasteiger partial charge in [-0.25, -0.2) is 4.39 Å². The smallest absolute Gasteiger partial charge is 0.209 e. The van der Waals surface area contributed by atoms with Gasteiger partial charge in [0.25, 0.3) is 0 Å². The SMILES string of the molecule is CCC(=O)c1cccc2c1CCC2N/C(=N\C#N)NCCF. The molecule has 1 aromatic rings. The standard InChI is InChI=1S/C16H19FN4O/c1-2-15(22)13-5-3-4-12-11(13)6-7-14(12)21-16(20-10-18)19-9-8-17/h3-5,14H,2,6-9H2,1H3,(H2,19,20,21). The van der Waals surface area contributed by atoms with Gasteiger partial charge >= 0.3 is 0 Å². The Labute approximate surface area is 129 Å². The van der Waals surface area contributed by atoms with Crippen molar-refractivity contribution in [3.8, 4) is 6.19 Å². The summed E-state index contributed by atoms with van der Waals surface area (Å²) in [5.41, 5.74) is 2.89. The highest BCUT2D eigenvalue weighted by Crippen LogP contribution is 2.33. The van der Waals surface area contributed by atoms with Crippen molar-refractivity contribution in [2.45, 2.75) is 32.2 Å². The van der Waals surface area contributed by atoms with Gasteiger partial charge in [-0.2, -0.15) is 5.26 Å². The van der Waals surface area contributed by atoms with E-state index in [4.69, 9.17) is 5.26 Å². The fraction of sp³-hybridized carbons (Fsp3) is 0.438. The van der Waals surface area contributed by atoms with Crippen molar-refractivity contribution in [2.75, 3.05) is 13.2 Å². The van der Waals surface area contributed by atoms with Crippen LogP contribution in [-0.4, -0.2) is 25.0 Å². The predicted octanol–water partition coefficient (Wildman–Crippen LogP) is 2.25. The fourth-order valence-corrected chi connectivity index (χ4v) is 2.76. The van der Waals surface area contributed by atoms with Crippen LogP contribution in [0, 0.1) is 11.5 Å². The number of nitrogens with zero attached hydrogens (tertiary/aromatic N) is 2. The predicted molar refractivity (Wildman–Crippen MR) is 82.3 cm³/mol. The Morgan fingerprint density at radius 2 is 2.36 bits per heavy atom. The molecule has 6 heteroatoms. The van der Waals surface area contributed by atoms with E-state index in [0.29, 0.717) is 6.42 Å². The molecule has 5 nitrogen and oxygen atoms in total. The van der Waals surface area contributed by atoms with E-state index < -0.39 is 6.67 Å². The highest BCUT2D eigenvalue weighted by Gasteiger charge is 2.26. The highest BCUT2D eigenvalue weighted by molar-refractivity contribution is 5.97. The van der Waals surface area contributed by atoms with E-state index in [-0.39, 0.29) is 24.3 Å². The summed E-state index contributed by atoms with van der Waals surface area (Å²) in [5.74, 6) is 0.407. The first kappa shape index (κ1) is 16.0. The minimum atomic E-state index is -0.539. The molecule has 0 radical (unpaired) electrons. The zero-order valence-corrected chi connectivity index (χ0v) is 12.5. The Balaban J connectivity index is 2.20. The number of rotatable bonds is 5. The van der Waals surface area contributed by atoms with Gasteiger partial charge in [0.05, 0.1) is 6.04 Å². The van der Waals surface area contributed by atoms with Crippen LogP contribution in [0.2, 0.25) is 0 Å². The summed E-state index contributed by atoms with van der Waals surface area (Å²) in [6.07, 6.45) is 3.79. The Bertz CT molecular complexity index is 621. The lowest BCUT2D eigenvalue weighted by Crippen LogP contribution is -2.39. The second-order valence-corrected chi connectivity index (χ2v) is 5.06. The molecule has 0 amide bonds. The van der Waals surface area contributed by atoms with Crippen molar-refractivity contribution in [1.29, 1.82) is 5.26 Å². The second kappa shape index (κ2) is 7.55. The molecule has 1 unspecified atom stereocenters. The summed E-state index contributed by atoms with van der Waals surface area (Å²) in [4.78, 5) is 15.6. The molecule has 1 aromatic carbocycles. The number of benzene rings is 1. The maximum absolute atomic E-state index is 12.3. The summed E-state index contributed by atoms with van der Waals surface area (Å²) in [6.45, 7) is 1.41. The summed E-state index contributed by atoms with van der Waals surface area (Å²) in [7, 11) is 0. The Kier molecular flexibility index (Phi) is 5.48. The van der Waals surface area contributed by atoms with Crippen molar-refractivity contribution in [3.63, 3.8) is 0 Å². The highest BCUT2D eigenvalue weighted by atomic mass is 19.1. The maximum atomic E-state index is 12.3. The Morgan fingerprint density at radius 3 is 3.05 bits per heavy atom. The average molecular weight is 302 g/mol. The lowest BCUT2D eigenvalue weighted by Gasteiger charge is -2.17. The largest absolute Gasteiger partial charge is 0.353 e. The molecule has 0 saturated carbocycles. The van der Waals surface area contributed by atoms with Crippen LogP contribution >= 0.6 is 0 Å². The minimum Gasteiger partial charge on any atom is -0.353 e. The van der Waals surface area contributed by atoms with Gasteiger partial charge in [-0.1, -0.05) is 25.1 Å². The third-order valence-corrected chi connectivity index (χ3v) is 3.75. The summed E-state index contributed by atoms with van der Waals surface area (Å²) in [5, 5.41) is 14.6. The van der Waals surface area contributed by atoms with E-state index in [0.717, 1.165) is 29.5 Å². The van der Waals surface area contributed by atoms with Gasteiger partial charge in [-0.3, -0.25) is 4.79 Å². The van der Waals surface area contributed by atoms with Gasteiger partial charge in [-0.05, 0) is 24.0 Å². The van der Waals surface area contributed by atoms with Gasteiger partial charge in [0.15, 0.2) is 5.78 Å². The maximum Gasteiger partial charge on any atom is 0.209 e. The lowest BCUT2D eigenvalue weighted by molar-refractivity contribution is 0.0987. The molecule has 22 heavy (non-hydrogen) atoms. The zero-order chi connectivity index (χ0) is 15.9. The van der Waals surface area contributed by atoms with Gasteiger partial charge in [0.1, 0.15) is 6.67 Å². The Hall–Kier alpha value is -2.42. The molecule has 0 aliphatic heterocycles. The molecular weight excluding hydrogens is 283 g/mol. The van der Waals surface area contributed by atoms with Crippen molar-refractivity contribution in [1.82, 2.24) is 10.6 Å². The molecule has 0 saturated heterocycles. The van der Waals surface area contributed by atoms with E-state index in [1.54, 1.807) is 6.19 Å². The topological polar surface area (TPSA) is 77.3 Å². The van der Waals surface area contributed by atoms with Crippen LogP contribution in [0.3, 0.4) is 0 Å². The van der Waals surface area contributed by atoms with Gasteiger partial charge < -0.3 is 10.6 Å². The Morgan fingerprint density at radius 1 is 1.55 bits per heavy atom. The van der Waals surface area contributed by atoms with Gasteiger partial charge in [0.2, 0.25) is 12.2 Å². The van der Waals surface area contributed by atoms with Crippen molar-refractivity contribution in [2.24, 2.45) is 4.99 Å². The van der Waals surface area contributed by atoms with Crippen LogP contribution < -0.4 is 10.6 Å². The van der Waals surface area contributed by atoms with Crippen LogP contribution in [0.1, 0.15) is 47.3 Å². The van der Waals surface area contributed by atoms with Crippen molar-refractivity contribution < 1.29 is 9.18 Å². The van der Waals surface area contributed by atoms with E-state index in [1.165, 1.54) is 0 Å². The molecule has 116 valence electrons. The van der Waals surface area contributed by atoms with Crippen LogP contribution in [-0.2, 0) is 6.42 Å². The van der Waals surface area contributed by atoms with Gasteiger partial charge in [-0.15, -0.1) is 4.99 Å². The van der Waals surface area contributed by atoms with Gasteiger partial charge in [0, 0.05) is 18.5 Å². The van der Waals surface area contributed by atoms with Crippen LogP contribution in [0.15, 0.2) is 23.2 Å². The second-order valence-electron chi connectivity index (χ2n) is 5.06. The number of aliphatic imine (C=N–C) groups is 1. The molecule has 0 fully saturated rings. The van der Waals surface area contributed by atoms with Crippen molar-refractivity contribution >= 4 is 11.7 Å². The number of ketones is 1. The first-order valence-electron chi connectivity index (χ1n) is 7.39. The van der Waals surface area contributed by atoms with Crippen molar-refractivity contribution in [3.05, 3.63) is 34.9 Å². The molecule has 1 aliphatic rings. The van der Waals surface area contributed by atoms with Crippen LogP contribution in [0.5, 0.6) is 0 Å². The van der Waals surface area contributed by atoms with E-state index in [9.17, 15) is 9.18 Å². The molecule has 0 bridgehead atoms. The molecule has 0 aromatic heterocycles. The third kappa shape index (κ3) is 3.42. The number of hydrogen-bond acceptors (Lipinski definition) is 3. The normalized spacial score (nSPS) is 16.8. The first-order chi connectivity index (χ1) is 10.7. The number of guanidine groups is 1. The third-order valence-electron chi connectivity index (χ3n) is 3.75. The molecular formula is C16H19FN4O. The number of nitriles is 1. The molecule has 0 spiro atoms. The first-order valence-corrected chi connectivity index (χ1v) is 7.39. The number of Topliss-reactive ketones (excluding diaryl/α,β-unsaturated/α-hetero) is 1. The van der Waals surface area contributed by atoms with E-state index in [1.807, 2.05) is 25.1 Å². The number of carbonyl (C=O) groups excluding carboxylic acids is 1. The van der Waals surface area contributed by atoms with E-state index in [2.05, 4.69) is 15.6 Å². The average Bonchev–Trinajstić information content (AvgIpc) is 2.95. The number of fused-ring (bicyclic) bond motifs is 1. The lowest BCUT2D eigenvalue weighted by atomic mass is 9.98. The minimum absolute atomic E-state index is 0.0289. The summed E-state index contributed by atoms with van der Waals surface area (Å²) in [6, 6.07) is 5.68. The molecule has 2 N–H and O–H groups in total. The zero-order valence-electron chi connectivity index (χ0n) is 12.5. The number of carbonyl (C=O) groups is 1. The number of nitrogens with one attached hydrogen (secondary N) is 2. The number of hydrogen-bond donors (Lipinski definition) is 2. The van der Waals surface area contributed by atoms with E-state index >= 15 is 0 Å². The van der Waals surface area contributed by atoms with Crippen LogP contribution in [0.25, 0.3) is 0 Å². The molecule has 2 rings (SSSR count).